The van der Waals surface area contributed by atoms with Crippen LogP contribution in [0.4, 0.5) is 0 Å². The molecule has 100 valence electrons. The van der Waals surface area contributed by atoms with Crippen molar-refractivity contribution in [3.63, 3.8) is 0 Å². The van der Waals surface area contributed by atoms with Crippen molar-refractivity contribution < 1.29 is 0 Å². The van der Waals surface area contributed by atoms with Crippen molar-refractivity contribution in [2.45, 2.75) is 19.9 Å². The summed E-state index contributed by atoms with van der Waals surface area (Å²) in [6.07, 6.45) is 2.96. The quantitative estimate of drug-likeness (QED) is 0.870. The first kappa shape index (κ1) is 14.1. The number of hydrogen-bond donors (Lipinski definition) is 1. The summed E-state index contributed by atoms with van der Waals surface area (Å²) in [5.74, 6) is 1.29. The molecule has 2 rings (SSSR count). The molecule has 2 N–H and O–H groups in total. The summed E-state index contributed by atoms with van der Waals surface area (Å²) in [6.45, 7) is 6.00. The SMILES string of the molecule is CC1CCN(Cc2cnc(Cl)cc2Cl)CC1CN. The fraction of sp³-hybridized carbons (Fsp3) is 0.615. The molecule has 0 bridgehead atoms. The number of nitrogens with two attached hydrogens (primary N) is 1. The van der Waals surface area contributed by atoms with Crippen molar-refractivity contribution in [1.29, 1.82) is 0 Å². The van der Waals surface area contributed by atoms with Crippen LogP contribution in [0, 0.1) is 11.8 Å². The first-order chi connectivity index (χ1) is 8.60. The molecule has 0 spiro atoms. The van der Waals surface area contributed by atoms with Gasteiger partial charge in [-0.05, 0) is 37.4 Å². The van der Waals surface area contributed by atoms with Gasteiger partial charge in [-0.15, -0.1) is 0 Å². The minimum absolute atomic E-state index is 0.441. The third-order valence-corrected chi connectivity index (χ3v) is 4.35. The van der Waals surface area contributed by atoms with Crippen LogP contribution in [0.25, 0.3) is 0 Å². The average molecular weight is 288 g/mol. The second-order valence-corrected chi connectivity index (χ2v) is 5.89. The van der Waals surface area contributed by atoms with E-state index in [2.05, 4.69) is 16.8 Å². The second kappa shape index (κ2) is 6.20. The zero-order chi connectivity index (χ0) is 13.1. The summed E-state index contributed by atoms with van der Waals surface area (Å²) in [5.41, 5.74) is 6.85. The standard InChI is InChI=1S/C13H19Cl2N3/c1-9-2-3-18(7-10(9)5-16)8-11-6-17-13(15)4-12(11)14/h4,6,9-10H,2-3,5,7-8,16H2,1H3. The normalized spacial score (nSPS) is 25.3. The van der Waals surface area contributed by atoms with E-state index in [0.717, 1.165) is 31.7 Å². The Bertz CT molecular complexity index is 411. The maximum absolute atomic E-state index is 6.17. The van der Waals surface area contributed by atoms with E-state index in [1.807, 2.05) is 0 Å². The third kappa shape index (κ3) is 3.35. The van der Waals surface area contributed by atoms with E-state index in [4.69, 9.17) is 28.9 Å². The molecule has 18 heavy (non-hydrogen) atoms. The first-order valence-corrected chi connectivity index (χ1v) is 7.08. The minimum atomic E-state index is 0.441. The highest BCUT2D eigenvalue weighted by Gasteiger charge is 2.25. The van der Waals surface area contributed by atoms with Crippen molar-refractivity contribution in [3.8, 4) is 0 Å². The number of likely N-dealkylation sites (tertiary alicyclic amines) is 1. The van der Waals surface area contributed by atoms with E-state index in [1.165, 1.54) is 6.42 Å². The van der Waals surface area contributed by atoms with Gasteiger partial charge in [-0.2, -0.15) is 0 Å². The van der Waals surface area contributed by atoms with E-state index in [1.54, 1.807) is 12.3 Å². The number of aromatic nitrogens is 1. The van der Waals surface area contributed by atoms with Crippen LogP contribution in [0.15, 0.2) is 12.3 Å². The lowest BCUT2D eigenvalue weighted by Crippen LogP contribution is -2.42. The van der Waals surface area contributed by atoms with Crippen LogP contribution >= 0.6 is 23.2 Å². The Morgan fingerprint density at radius 1 is 1.50 bits per heavy atom. The summed E-state index contributed by atoms with van der Waals surface area (Å²) >= 11 is 12.0. The molecule has 0 amide bonds. The fourth-order valence-electron chi connectivity index (χ4n) is 2.47. The third-order valence-electron chi connectivity index (χ3n) is 3.79. The predicted molar refractivity (Wildman–Crippen MR) is 75.9 cm³/mol. The number of piperidine rings is 1. The van der Waals surface area contributed by atoms with Crippen molar-refractivity contribution in [3.05, 3.63) is 28.0 Å². The Hall–Kier alpha value is -0.350. The Balaban J connectivity index is 2.01. The van der Waals surface area contributed by atoms with Crippen LogP contribution < -0.4 is 5.73 Å². The van der Waals surface area contributed by atoms with Crippen molar-refractivity contribution in [1.82, 2.24) is 9.88 Å². The summed E-state index contributed by atoms with van der Waals surface area (Å²) in [4.78, 5) is 6.49. The van der Waals surface area contributed by atoms with Gasteiger partial charge in [-0.1, -0.05) is 30.1 Å². The van der Waals surface area contributed by atoms with Crippen LogP contribution in [-0.2, 0) is 6.54 Å². The molecule has 0 aromatic carbocycles. The maximum atomic E-state index is 6.17. The van der Waals surface area contributed by atoms with Gasteiger partial charge in [0.2, 0.25) is 0 Å². The van der Waals surface area contributed by atoms with E-state index in [-0.39, 0.29) is 0 Å². The molecule has 1 fully saturated rings. The molecule has 1 aromatic rings. The molecule has 0 aliphatic carbocycles. The first-order valence-electron chi connectivity index (χ1n) is 6.32. The van der Waals surface area contributed by atoms with Gasteiger partial charge < -0.3 is 5.73 Å². The number of halogens is 2. The van der Waals surface area contributed by atoms with E-state index >= 15 is 0 Å². The Morgan fingerprint density at radius 2 is 2.28 bits per heavy atom. The summed E-state index contributed by atoms with van der Waals surface area (Å²) in [5, 5.41) is 1.13. The fourth-order valence-corrected chi connectivity index (χ4v) is 2.89. The molecule has 1 aliphatic heterocycles. The van der Waals surface area contributed by atoms with Gasteiger partial charge in [0.1, 0.15) is 5.15 Å². The lowest BCUT2D eigenvalue weighted by molar-refractivity contribution is 0.126. The second-order valence-electron chi connectivity index (χ2n) is 5.10. The Morgan fingerprint density at radius 3 is 2.94 bits per heavy atom. The van der Waals surface area contributed by atoms with Gasteiger partial charge in [0.05, 0.1) is 0 Å². The molecular formula is C13H19Cl2N3. The molecule has 1 aliphatic rings. The van der Waals surface area contributed by atoms with Crippen molar-refractivity contribution in [2.75, 3.05) is 19.6 Å². The van der Waals surface area contributed by atoms with Crippen molar-refractivity contribution in [2.24, 2.45) is 17.6 Å². The lowest BCUT2D eigenvalue weighted by Gasteiger charge is -2.36. The summed E-state index contributed by atoms with van der Waals surface area (Å²) < 4.78 is 0. The topological polar surface area (TPSA) is 42.2 Å². The van der Waals surface area contributed by atoms with Gasteiger partial charge in [-0.3, -0.25) is 4.90 Å². The molecular weight excluding hydrogens is 269 g/mol. The number of rotatable bonds is 3. The van der Waals surface area contributed by atoms with Crippen LogP contribution in [0.2, 0.25) is 10.2 Å². The zero-order valence-corrected chi connectivity index (χ0v) is 12.1. The Labute approximate surface area is 118 Å². The summed E-state index contributed by atoms with van der Waals surface area (Å²) in [7, 11) is 0. The van der Waals surface area contributed by atoms with E-state index < -0.39 is 0 Å². The summed E-state index contributed by atoms with van der Waals surface area (Å²) in [6, 6.07) is 1.70. The number of pyridine rings is 1. The highest BCUT2D eigenvalue weighted by atomic mass is 35.5. The highest BCUT2D eigenvalue weighted by Crippen LogP contribution is 2.25. The zero-order valence-electron chi connectivity index (χ0n) is 10.6. The molecule has 5 heteroatoms. The van der Waals surface area contributed by atoms with Gasteiger partial charge in [0, 0.05) is 29.9 Å². The molecule has 1 saturated heterocycles. The largest absolute Gasteiger partial charge is 0.330 e. The molecule has 3 nitrogen and oxygen atoms in total. The van der Waals surface area contributed by atoms with Crippen LogP contribution in [0.5, 0.6) is 0 Å². The average Bonchev–Trinajstić information content (AvgIpc) is 2.35. The van der Waals surface area contributed by atoms with Crippen LogP contribution in [0.1, 0.15) is 18.9 Å². The Kier molecular flexibility index (Phi) is 4.84. The van der Waals surface area contributed by atoms with Gasteiger partial charge in [-0.25, -0.2) is 4.98 Å². The van der Waals surface area contributed by atoms with E-state index in [0.29, 0.717) is 22.0 Å². The molecule has 2 unspecified atom stereocenters. The van der Waals surface area contributed by atoms with Crippen LogP contribution in [-0.4, -0.2) is 29.5 Å². The molecule has 2 atom stereocenters. The minimum Gasteiger partial charge on any atom is -0.330 e. The number of hydrogen-bond acceptors (Lipinski definition) is 3. The monoisotopic (exact) mass is 287 g/mol. The van der Waals surface area contributed by atoms with Gasteiger partial charge in [0.15, 0.2) is 0 Å². The van der Waals surface area contributed by atoms with Crippen molar-refractivity contribution >= 4 is 23.2 Å². The van der Waals surface area contributed by atoms with Gasteiger partial charge >= 0.3 is 0 Å². The molecule has 0 saturated carbocycles. The molecule has 1 aromatic heterocycles. The van der Waals surface area contributed by atoms with E-state index in [9.17, 15) is 0 Å². The smallest absolute Gasteiger partial charge is 0.130 e. The maximum Gasteiger partial charge on any atom is 0.130 e. The lowest BCUT2D eigenvalue weighted by atomic mass is 9.87. The molecule has 2 heterocycles. The number of nitrogens with zero attached hydrogens (tertiary/aromatic N) is 2. The van der Waals surface area contributed by atoms with Gasteiger partial charge in [0.25, 0.3) is 0 Å². The predicted octanol–water partition coefficient (Wildman–Crippen LogP) is 2.81. The molecule has 0 radical (unpaired) electrons. The highest BCUT2D eigenvalue weighted by molar-refractivity contribution is 6.34. The van der Waals surface area contributed by atoms with Crippen LogP contribution in [0.3, 0.4) is 0 Å².